The summed E-state index contributed by atoms with van der Waals surface area (Å²) in [6, 6.07) is 3.92. The molecule has 2 heterocycles. The highest BCUT2D eigenvalue weighted by atomic mass is 16.3. The summed E-state index contributed by atoms with van der Waals surface area (Å²) in [7, 11) is 0. The van der Waals surface area contributed by atoms with E-state index < -0.39 is 6.10 Å². The Morgan fingerprint density at radius 1 is 1.48 bits per heavy atom. The summed E-state index contributed by atoms with van der Waals surface area (Å²) in [6.07, 6.45) is 1.56. The first-order chi connectivity index (χ1) is 9.88. The number of likely N-dealkylation sites (tertiary alicyclic amines) is 1. The van der Waals surface area contributed by atoms with E-state index in [1.165, 1.54) is 0 Å². The second kappa shape index (κ2) is 6.65. The van der Waals surface area contributed by atoms with Crippen LogP contribution in [0.5, 0.6) is 0 Å². The fourth-order valence-corrected chi connectivity index (χ4v) is 2.87. The lowest BCUT2D eigenvalue weighted by Gasteiger charge is -2.38. The van der Waals surface area contributed by atoms with Gasteiger partial charge in [0.25, 0.3) is 0 Å². The predicted molar refractivity (Wildman–Crippen MR) is 81.8 cm³/mol. The quantitative estimate of drug-likeness (QED) is 0.926. The number of rotatable bonds is 4. The van der Waals surface area contributed by atoms with Crippen molar-refractivity contribution >= 4 is 5.91 Å². The molecule has 1 aromatic rings. The minimum absolute atomic E-state index is 0.00862. The lowest BCUT2D eigenvalue weighted by Crippen LogP contribution is -2.42. The second-order valence-corrected chi connectivity index (χ2v) is 6.70. The third-order valence-electron chi connectivity index (χ3n) is 4.43. The van der Waals surface area contributed by atoms with Crippen LogP contribution in [-0.4, -0.2) is 28.6 Å². The third-order valence-corrected chi connectivity index (χ3v) is 4.43. The number of aliphatic hydroxyl groups is 1. The molecule has 0 aromatic carbocycles. The molecule has 1 aliphatic heterocycles. The number of furan rings is 1. The van der Waals surface area contributed by atoms with Crippen molar-refractivity contribution in [1.82, 2.24) is 4.90 Å². The van der Waals surface area contributed by atoms with Crippen molar-refractivity contribution in [2.24, 2.45) is 11.8 Å². The Bertz CT molecular complexity index is 480. The lowest BCUT2D eigenvalue weighted by molar-refractivity contribution is -0.139. The lowest BCUT2D eigenvalue weighted by atomic mass is 9.90. The molecule has 0 bridgehead atoms. The van der Waals surface area contributed by atoms with Gasteiger partial charge in [0.1, 0.15) is 11.5 Å². The van der Waals surface area contributed by atoms with Gasteiger partial charge in [-0.1, -0.05) is 20.8 Å². The van der Waals surface area contributed by atoms with Gasteiger partial charge in [0.2, 0.25) is 5.91 Å². The van der Waals surface area contributed by atoms with Gasteiger partial charge >= 0.3 is 0 Å². The van der Waals surface area contributed by atoms with Gasteiger partial charge in [0, 0.05) is 6.54 Å². The van der Waals surface area contributed by atoms with E-state index in [0.29, 0.717) is 5.92 Å². The number of nitrogens with zero attached hydrogens (tertiary/aromatic N) is 1. The van der Waals surface area contributed by atoms with E-state index in [1.807, 2.05) is 37.8 Å². The minimum atomic E-state index is -0.573. The zero-order valence-corrected chi connectivity index (χ0v) is 13.5. The van der Waals surface area contributed by atoms with Crippen LogP contribution >= 0.6 is 0 Å². The second-order valence-electron chi connectivity index (χ2n) is 6.70. The Morgan fingerprint density at radius 3 is 2.76 bits per heavy atom. The van der Waals surface area contributed by atoms with E-state index in [0.717, 1.165) is 30.9 Å². The van der Waals surface area contributed by atoms with Gasteiger partial charge in [-0.15, -0.1) is 0 Å². The molecule has 0 radical (unpaired) electrons. The van der Waals surface area contributed by atoms with E-state index in [4.69, 9.17) is 4.42 Å². The van der Waals surface area contributed by atoms with Crippen LogP contribution in [0.4, 0.5) is 0 Å². The smallest absolute Gasteiger partial charge is 0.225 e. The number of hydrogen-bond donors (Lipinski definition) is 1. The van der Waals surface area contributed by atoms with Crippen LogP contribution in [0.3, 0.4) is 0 Å². The number of aryl methyl sites for hydroxylation is 1. The predicted octanol–water partition coefficient (Wildman–Crippen LogP) is 3.29. The molecule has 4 heteroatoms. The topological polar surface area (TPSA) is 53.7 Å². The zero-order valence-electron chi connectivity index (χ0n) is 13.5. The van der Waals surface area contributed by atoms with Crippen LogP contribution < -0.4 is 0 Å². The molecule has 21 heavy (non-hydrogen) atoms. The molecule has 0 saturated carbocycles. The summed E-state index contributed by atoms with van der Waals surface area (Å²) in [5, 5.41) is 9.97. The molecule has 4 nitrogen and oxygen atoms in total. The average molecular weight is 293 g/mol. The van der Waals surface area contributed by atoms with Gasteiger partial charge in [0.15, 0.2) is 0 Å². The molecule has 118 valence electrons. The van der Waals surface area contributed by atoms with Crippen LogP contribution in [0.25, 0.3) is 0 Å². The molecule has 2 rings (SSSR count). The fourth-order valence-electron chi connectivity index (χ4n) is 2.87. The summed E-state index contributed by atoms with van der Waals surface area (Å²) in [4.78, 5) is 14.4. The minimum Gasteiger partial charge on any atom is -0.464 e. The largest absolute Gasteiger partial charge is 0.464 e. The van der Waals surface area contributed by atoms with Gasteiger partial charge < -0.3 is 14.4 Å². The normalized spacial score (nSPS) is 24.4. The average Bonchev–Trinajstić information content (AvgIpc) is 2.84. The maximum atomic E-state index is 12.5. The number of amides is 1. The van der Waals surface area contributed by atoms with E-state index >= 15 is 0 Å². The van der Waals surface area contributed by atoms with Crippen LogP contribution in [0, 0.1) is 18.8 Å². The standard InChI is InChI=1S/C17H27NO3/c1-11(2)15(19)10-17(20)18-8-7-12(3)9-14(18)16-6-5-13(4)21-16/h5-6,11-12,14-15,19H,7-10H2,1-4H3/t12-,14+,15+/m1/s1. The number of carbonyl (C=O) groups is 1. The maximum absolute atomic E-state index is 12.5. The van der Waals surface area contributed by atoms with Crippen molar-refractivity contribution in [3.05, 3.63) is 23.7 Å². The van der Waals surface area contributed by atoms with Gasteiger partial charge in [-0.2, -0.15) is 0 Å². The van der Waals surface area contributed by atoms with Crippen molar-refractivity contribution in [3.8, 4) is 0 Å². The highest BCUT2D eigenvalue weighted by molar-refractivity contribution is 5.77. The maximum Gasteiger partial charge on any atom is 0.225 e. The zero-order chi connectivity index (χ0) is 15.6. The highest BCUT2D eigenvalue weighted by Crippen LogP contribution is 2.35. The molecule has 1 amide bonds. The van der Waals surface area contributed by atoms with Crippen LogP contribution in [0.2, 0.25) is 0 Å². The molecular formula is C17H27NO3. The molecule has 1 aromatic heterocycles. The number of carbonyl (C=O) groups excluding carboxylic acids is 1. The first-order valence-electron chi connectivity index (χ1n) is 7.92. The van der Waals surface area contributed by atoms with Gasteiger partial charge in [0.05, 0.1) is 18.6 Å². The van der Waals surface area contributed by atoms with Crippen molar-refractivity contribution in [1.29, 1.82) is 0 Å². The van der Waals surface area contributed by atoms with Crippen molar-refractivity contribution in [2.75, 3.05) is 6.54 Å². The van der Waals surface area contributed by atoms with Crippen molar-refractivity contribution < 1.29 is 14.3 Å². The summed E-state index contributed by atoms with van der Waals surface area (Å²) in [5.74, 6) is 2.45. The van der Waals surface area contributed by atoms with E-state index in [9.17, 15) is 9.90 Å². The summed E-state index contributed by atoms with van der Waals surface area (Å²) in [6.45, 7) is 8.75. The Kier molecular flexibility index (Phi) is 5.09. The van der Waals surface area contributed by atoms with E-state index in [2.05, 4.69) is 6.92 Å². The van der Waals surface area contributed by atoms with E-state index in [-0.39, 0.29) is 24.3 Å². The Balaban J connectivity index is 2.13. The number of hydrogen-bond acceptors (Lipinski definition) is 3. The monoisotopic (exact) mass is 293 g/mol. The molecular weight excluding hydrogens is 266 g/mol. The Morgan fingerprint density at radius 2 is 2.19 bits per heavy atom. The molecule has 1 N–H and O–H groups in total. The summed E-state index contributed by atoms with van der Waals surface area (Å²) >= 11 is 0. The molecule has 1 aliphatic rings. The Labute approximate surface area is 127 Å². The van der Waals surface area contributed by atoms with Gasteiger partial charge in [-0.25, -0.2) is 0 Å². The molecule has 1 fully saturated rings. The van der Waals surface area contributed by atoms with Crippen LogP contribution in [0.1, 0.15) is 57.6 Å². The van der Waals surface area contributed by atoms with Gasteiger partial charge in [-0.05, 0) is 43.7 Å². The van der Waals surface area contributed by atoms with Crippen LogP contribution in [-0.2, 0) is 4.79 Å². The van der Waals surface area contributed by atoms with Crippen LogP contribution in [0.15, 0.2) is 16.5 Å². The molecule has 0 spiro atoms. The Hall–Kier alpha value is -1.29. The van der Waals surface area contributed by atoms with E-state index in [1.54, 1.807) is 0 Å². The first kappa shape index (κ1) is 16.1. The summed E-state index contributed by atoms with van der Waals surface area (Å²) in [5.41, 5.74) is 0. The molecule has 1 saturated heterocycles. The van der Waals surface area contributed by atoms with Crippen molar-refractivity contribution in [2.45, 2.75) is 59.1 Å². The number of piperidine rings is 1. The number of aliphatic hydroxyl groups excluding tert-OH is 1. The highest BCUT2D eigenvalue weighted by Gasteiger charge is 2.33. The van der Waals surface area contributed by atoms with Crippen molar-refractivity contribution in [3.63, 3.8) is 0 Å². The fraction of sp³-hybridized carbons (Fsp3) is 0.706. The summed E-state index contributed by atoms with van der Waals surface area (Å²) < 4.78 is 5.75. The molecule has 0 unspecified atom stereocenters. The SMILES string of the molecule is Cc1ccc([C@@H]2C[C@H](C)CCN2C(=O)C[C@H](O)C(C)C)o1. The van der Waals surface area contributed by atoms with Gasteiger partial charge in [-0.3, -0.25) is 4.79 Å². The third kappa shape index (κ3) is 3.88. The molecule has 0 aliphatic carbocycles. The first-order valence-corrected chi connectivity index (χ1v) is 7.92. The molecule has 3 atom stereocenters.